The zero-order valence-electron chi connectivity index (χ0n) is 33.1. The molecule has 3 aromatic heterocycles. The Balaban J connectivity index is 0.000000190. The molecule has 0 N–H and O–H groups in total. The van der Waals surface area contributed by atoms with E-state index in [1.807, 2.05) is 0 Å². The maximum atomic E-state index is 3.54. The number of aromatic nitrogens is 3. The summed E-state index contributed by atoms with van der Waals surface area (Å²) in [7, 11) is 8.11. The molecular weight excluding hydrogens is 1120 g/mol. The molecule has 3 heterocycles. The van der Waals surface area contributed by atoms with Crippen LogP contribution in [0.5, 0.6) is 0 Å². The molecule has 3 aromatic carbocycles. The summed E-state index contributed by atoms with van der Waals surface area (Å²) >= 11 is 11.4. The number of aryl methyl sites for hydroxylation is 5. The minimum absolute atomic E-state index is 1.18. The molecule has 0 aliphatic heterocycles. The molecule has 0 radical (unpaired) electrons. The van der Waals surface area contributed by atoms with Gasteiger partial charge in [-0.15, -0.1) is 0 Å². The van der Waals surface area contributed by atoms with Crippen LogP contribution in [0, 0.1) is 38.2 Å². The summed E-state index contributed by atoms with van der Waals surface area (Å²) < 4.78 is 16.0. The molecule has 0 saturated carbocycles. The minimum atomic E-state index is -1.56. The maximum Gasteiger partial charge on any atom is 0.0523 e. The third-order valence-corrected chi connectivity index (χ3v) is 28.2. The van der Waals surface area contributed by atoms with Crippen molar-refractivity contribution in [3.05, 3.63) is 99.8 Å². The Kier molecular flexibility index (Phi) is 20.5. The first-order valence-corrected chi connectivity index (χ1v) is 32.7. The topological polar surface area (TPSA) is 14.8 Å². The fourth-order valence-corrected chi connectivity index (χ4v) is 22.4. The van der Waals surface area contributed by atoms with Gasteiger partial charge < -0.3 is 13.0 Å². The van der Waals surface area contributed by atoms with Crippen molar-refractivity contribution < 1.29 is 0 Å². The molecule has 0 amide bonds. The fraction of sp³-hybridized carbons (Fsp3) is 0.429. The molecule has 290 valence electrons. The predicted octanol–water partition coefficient (Wildman–Crippen LogP) is 16.7. The summed E-state index contributed by atoms with van der Waals surface area (Å²) in [6, 6.07) is 13.1. The minimum Gasteiger partial charge on any atom is -0.332 e. The molecule has 0 bridgehead atoms. The van der Waals surface area contributed by atoms with Gasteiger partial charge in [-0.05, 0) is 150 Å². The van der Waals surface area contributed by atoms with E-state index in [1.165, 1.54) is 116 Å². The molecule has 0 aliphatic rings. The smallest absolute Gasteiger partial charge is 0.0523 e. The van der Waals surface area contributed by atoms with Gasteiger partial charge in [-0.3, -0.25) is 0 Å². The number of nitrogens with zero attached hydrogens (tertiary/aromatic N) is 3. The van der Waals surface area contributed by atoms with Crippen molar-refractivity contribution in [3.63, 3.8) is 0 Å². The van der Waals surface area contributed by atoms with Crippen molar-refractivity contribution in [3.8, 4) is 0 Å². The van der Waals surface area contributed by atoms with Crippen LogP contribution < -0.4 is 0 Å². The van der Waals surface area contributed by atoms with Gasteiger partial charge in [0.2, 0.25) is 0 Å². The van der Waals surface area contributed by atoms with Crippen LogP contribution in [-0.4, -0.2) is 31.4 Å². The van der Waals surface area contributed by atoms with E-state index in [2.05, 4.69) is 227 Å². The first kappa shape index (κ1) is 47.9. The normalized spacial score (nSPS) is 11.3. The molecule has 3 unspecified atom stereocenters. The maximum absolute atomic E-state index is 3.54. The third kappa shape index (κ3) is 13.5. The van der Waals surface area contributed by atoms with Crippen molar-refractivity contribution >= 4 is 150 Å². The van der Waals surface area contributed by atoms with E-state index in [-0.39, 0.29) is 0 Å². The molecule has 0 saturated heterocycles. The quantitative estimate of drug-likeness (QED) is 0.0779. The van der Waals surface area contributed by atoms with Gasteiger partial charge in [0.1, 0.15) is 0 Å². The van der Waals surface area contributed by atoms with Crippen LogP contribution in [-0.2, 0) is 0 Å². The molecule has 11 heteroatoms. The van der Waals surface area contributed by atoms with Crippen molar-refractivity contribution in [1.82, 2.24) is 13.0 Å². The van der Waals surface area contributed by atoms with Gasteiger partial charge in [0, 0.05) is 51.7 Å². The second-order valence-electron chi connectivity index (χ2n) is 14.8. The van der Waals surface area contributed by atoms with E-state index < -0.39 is 18.4 Å². The number of unbranched alkanes of at least 4 members (excludes halogenated alkanes) is 3. The van der Waals surface area contributed by atoms with Gasteiger partial charge in [0.05, 0.1) is 16.6 Å². The van der Waals surface area contributed by atoms with Crippen molar-refractivity contribution in [1.29, 1.82) is 0 Å². The van der Waals surface area contributed by atoms with E-state index in [4.69, 9.17) is 0 Å². The van der Waals surface area contributed by atoms with Gasteiger partial charge in [-0.2, -0.15) is 0 Å². The Bertz CT molecular complexity index is 1760. The van der Waals surface area contributed by atoms with Crippen LogP contribution in [0.4, 0.5) is 0 Å². The van der Waals surface area contributed by atoms with Gasteiger partial charge in [-0.1, -0.05) is 47.8 Å². The van der Waals surface area contributed by atoms with Crippen LogP contribution >= 0.6 is 98.6 Å². The van der Waals surface area contributed by atoms with Gasteiger partial charge >= 0.3 is 95.9 Å². The summed E-state index contributed by atoms with van der Waals surface area (Å²) in [4.78, 5) is 2.72. The van der Waals surface area contributed by atoms with Crippen molar-refractivity contribution in [2.75, 3.05) is 0 Å². The van der Waals surface area contributed by atoms with E-state index in [0.29, 0.717) is 0 Å². The number of halogens is 4. The second kappa shape index (κ2) is 22.6. The molecule has 0 fully saturated rings. The largest absolute Gasteiger partial charge is 0.332 e. The Labute approximate surface area is 370 Å². The van der Waals surface area contributed by atoms with Gasteiger partial charge in [0.25, 0.3) is 0 Å². The fourth-order valence-electron chi connectivity index (χ4n) is 6.60. The molecule has 53 heavy (non-hydrogen) atoms. The van der Waals surface area contributed by atoms with Crippen LogP contribution in [0.3, 0.4) is 0 Å². The third-order valence-electron chi connectivity index (χ3n) is 10.1. The number of fused-ring (bicyclic) bond motifs is 3. The number of rotatable bonds is 9. The molecule has 0 aliphatic carbocycles. The molecular formula is C42H60Br3IN3P3Sn. The Morgan fingerprint density at radius 1 is 0.509 bits per heavy atom. The average molecular weight is 1190 g/mol. The molecule has 3 nitrogen and oxygen atoms in total. The monoisotopic (exact) mass is 1180 g/mol. The summed E-state index contributed by atoms with van der Waals surface area (Å²) in [6.07, 6.45) is 15.1. The van der Waals surface area contributed by atoms with Crippen LogP contribution in [0.25, 0.3) is 32.7 Å². The summed E-state index contributed by atoms with van der Waals surface area (Å²) in [5, 5.41) is 3.92. The van der Waals surface area contributed by atoms with E-state index in [0.717, 1.165) is 0 Å². The summed E-state index contributed by atoms with van der Waals surface area (Å²) in [5.74, 6) is 0. The Morgan fingerprint density at radius 2 is 0.811 bits per heavy atom. The van der Waals surface area contributed by atoms with Gasteiger partial charge in [0.15, 0.2) is 0 Å². The number of hydrogen-bond acceptors (Lipinski definition) is 0. The average Bonchev–Trinajstić information content (AvgIpc) is 3.66. The second-order valence-corrected chi connectivity index (χ2v) is 34.8. The zero-order chi connectivity index (χ0) is 39.6. The van der Waals surface area contributed by atoms with E-state index >= 15 is 0 Å². The van der Waals surface area contributed by atoms with E-state index in [1.54, 1.807) is 13.3 Å². The Morgan fingerprint density at radius 3 is 1.15 bits per heavy atom. The first-order valence-electron chi connectivity index (χ1n) is 18.7. The molecule has 0 spiro atoms. The summed E-state index contributed by atoms with van der Waals surface area (Å²) in [6.45, 7) is 17.6. The number of hydrogen-bond donors (Lipinski definition) is 0. The van der Waals surface area contributed by atoms with Crippen LogP contribution in [0.2, 0.25) is 18.2 Å². The molecule has 6 aromatic rings. The predicted molar refractivity (Wildman–Crippen MR) is 271 cm³/mol. The van der Waals surface area contributed by atoms with Crippen molar-refractivity contribution in [2.24, 2.45) is 0 Å². The van der Waals surface area contributed by atoms with Gasteiger partial charge in [-0.25, -0.2) is 0 Å². The molecule has 3 atom stereocenters. The summed E-state index contributed by atoms with van der Waals surface area (Å²) in [5.41, 5.74) is 10.2. The zero-order valence-corrected chi connectivity index (χ0v) is 46.4. The number of benzene rings is 3. The first-order chi connectivity index (χ1) is 25.0. The van der Waals surface area contributed by atoms with E-state index in [9.17, 15) is 0 Å². The SMILES string of the molecule is CCC[CH2][Sn]([CH3])([CH2]CCC)[CH2]CCC.Cc1cc2c(cc1Br)c(C)cn2P.Cc1cc2c(cc1Br)c(C)cn2P.Cc1cc2c(cc1Br)c(I)cn2P. The Hall–Kier alpha value is 0.539. The van der Waals surface area contributed by atoms with Crippen LogP contribution in [0.15, 0.2) is 68.4 Å². The van der Waals surface area contributed by atoms with Crippen molar-refractivity contribution in [2.45, 2.75) is 112 Å². The molecule has 6 rings (SSSR count). The standard InChI is InChI=1S/2C10H11BrNP.C9H8BrINP.3C4H9.CH3.Sn/c2*1-6-3-10-8(4-9(6)11)7(2)5-12(10)13;1-5-2-9-6(3-7(5)10)8(11)4-12(9)13;3*1-3-4-2;;/h2*3-5H,13H2,1-2H3;2-4H,13H2,1H3;3*1,3-4H2,2H3;1H3;. The van der Waals surface area contributed by atoms with Crippen LogP contribution in [0.1, 0.15) is 87.1 Å².